The lowest BCUT2D eigenvalue weighted by molar-refractivity contribution is -0.116. The Bertz CT molecular complexity index is 749. The molecule has 36 heavy (non-hydrogen) atoms. The number of hydrogen-bond donors (Lipinski definition) is 1. The zero-order chi connectivity index (χ0) is 27.3. The Morgan fingerprint density at radius 2 is 1.36 bits per heavy atom. The monoisotopic (exact) mass is 496 g/mol. The van der Waals surface area contributed by atoms with Crippen LogP contribution in [0.25, 0.3) is 12.2 Å². The summed E-state index contributed by atoms with van der Waals surface area (Å²) in [6, 6.07) is 8.02. The van der Waals surface area contributed by atoms with Crippen molar-refractivity contribution < 1.29 is 19.0 Å². The molecule has 6 heteroatoms. The average molecular weight is 497 g/mol. The molecule has 0 aliphatic rings. The van der Waals surface area contributed by atoms with Crippen LogP contribution in [0.5, 0.6) is 0 Å². The van der Waals surface area contributed by atoms with Crippen molar-refractivity contribution in [1.29, 1.82) is 0 Å². The van der Waals surface area contributed by atoms with Crippen molar-refractivity contribution in [2.45, 2.75) is 19.3 Å². The molecule has 0 heterocycles. The molecule has 0 aromatic heterocycles. The van der Waals surface area contributed by atoms with Crippen LogP contribution in [0.3, 0.4) is 0 Å². The predicted molar refractivity (Wildman–Crippen MR) is 154 cm³/mol. The molecule has 0 atom stereocenters. The van der Waals surface area contributed by atoms with Gasteiger partial charge >= 0.3 is 0 Å². The van der Waals surface area contributed by atoms with Crippen LogP contribution in [0, 0.1) is 0 Å². The quantitative estimate of drug-likeness (QED) is 0.118. The van der Waals surface area contributed by atoms with Crippen LogP contribution < -0.4 is 5.32 Å². The first-order valence-electron chi connectivity index (χ1n) is 11.8. The van der Waals surface area contributed by atoms with Crippen LogP contribution in [0.1, 0.15) is 30.4 Å². The largest absolute Gasteiger partial charge is 0.498 e. The smallest absolute Gasteiger partial charge is 0.243 e. The summed E-state index contributed by atoms with van der Waals surface area (Å²) in [6.07, 6.45) is 17.0. The molecule has 0 saturated heterocycles. The Morgan fingerprint density at radius 3 is 1.75 bits per heavy atom. The molecule has 0 bridgehead atoms. The molecule has 1 rings (SSSR count). The van der Waals surface area contributed by atoms with E-state index in [0.29, 0.717) is 13.2 Å². The molecule has 0 aliphatic heterocycles. The van der Waals surface area contributed by atoms with Crippen LogP contribution in [0.4, 0.5) is 0 Å². The van der Waals surface area contributed by atoms with Crippen molar-refractivity contribution in [3.05, 3.63) is 112 Å². The van der Waals surface area contributed by atoms with Gasteiger partial charge in [0.15, 0.2) is 0 Å². The van der Waals surface area contributed by atoms with Gasteiger partial charge in [0.05, 0.1) is 13.2 Å². The van der Waals surface area contributed by atoms with Gasteiger partial charge in [-0.15, -0.1) is 13.2 Å². The summed E-state index contributed by atoms with van der Waals surface area (Å²) in [6.45, 7) is 20.8. The first-order valence-corrected chi connectivity index (χ1v) is 11.8. The first-order chi connectivity index (χ1) is 17.5. The van der Waals surface area contributed by atoms with Crippen LogP contribution in [-0.2, 0) is 19.0 Å². The molecule has 1 amide bonds. The zero-order valence-corrected chi connectivity index (χ0v) is 22.1. The summed E-state index contributed by atoms with van der Waals surface area (Å²) in [5.74, 6) is -0.0937. The maximum absolute atomic E-state index is 10.6. The normalized spacial score (nSPS) is 9.75. The molecule has 0 radical (unpaired) electrons. The number of benzene rings is 1. The molecule has 0 spiro atoms. The molecular formula is C30H44N2O4. The number of ether oxygens (including phenoxy) is 3. The van der Waals surface area contributed by atoms with Crippen LogP contribution in [0.15, 0.2) is 100 Å². The lowest BCUT2D eigenvalue weighted by Crippen LogP contribution is -2.25. The van der Waals surface area contributed by atoms with E-state index in [1.807, 2.05) is 50.5 Å². The Kier molecular flexibility index (Phi) is 26.3. The highest BCUT2D eigenvalue weighted by molar-refractivity contribution is 5.86. The van der Waals surface area contributed by atoms with Gasteiger partial charge < -0.3 is 24.4 Å². The van der Waals surface area contributed by atoms with Crippen LogP contribution >= 0.6 is 0 Å². The van der Waals surface area contributed by atoms with Gasteiger partial charge in [-0.1, -0.05) is 68.3 Å². The van der Waals surface area contributed by atoms with E-state index in [2.05, 4.69) is 43.1 Å². The minimum absolute atomic E-state index is 0.0937. The molecule has 0 fully saturated rings. The summed E-state index contributed by atoms with van der Waals surface area (Å²) in [7, 11) is 4.02. The molecule has 0 unspecified atom stereocenters. The molecule has 6 nitrogen and oxygen atoms in total. The molecule has 0 saturated carbocycles. The summed E-state index contributed by atoms with van der Waals surface area (Å²) < 4.78 is 15.0. The fourth-order valence-electron chi connectivity index (χ4n) is 2.19. The summed E-state index contributed by atoms with van der Waals surface area (Å²) in [5.41, 5.74) is 2.27. The Labute approximate surface area is 218 Å². The molecule has 1 aromatic rings. The second kappa shape index (κ2) is 27.5. The molecule has 1 aromatic carbocycles. The van der Waals surface area contributed by atoms with Crippen molar-refractivity contribution in [1.82, 2.24) is 10.2 Å². The maximum Gasteiger partial charge on any atom is 0.243 e. The third-order valence-electron chi connectivity index (χ3n) is 4.04. The van der Waals surface area contributed by atoms with E-state index in [1.54, 1.807) is 12.2 Å². The van der Waals surface area contributed by atoms with E-state index >= 15 is 0 Å². The van der Waals surface area contributed by atoms with E-state index in [0.717, 1.165) is 43.5 Å². The lowest BCUT2D eigenvalue weighted by atomic mass is 10.1. The van der Waals surface area contributed by atoms with Crippen LogP contribution in [-0.4, -0.2) is 51.2 Å². The maximum atomic E-state index is 10.6. The van der Waals surface area contributed by atoms with Crippen molar-refractivity contribution in [2.24, 2.45) is 0 Å². The van der Waals surface area contributed by atoms with E-state index in [1.165, 1.54) is 31.1 Å². The highest BCUT2D eigenvalue weighted by Gasteiger charge is 1.93. The van der Waals surface area contributed by atoms with Crippen molar-refractivity contribution in [3.8, 4) is 0 Å². The molecule has 198 valence electrons. The van der Waals surface area contributed by atoms with Gasteiger partial charge in [0, 0.05) is 6.54 Å². The number of nitrogens with one attached hydrogen (secondary N) is 1. The second-order valence-electron chi connectivity index (χ2n) is 7.27. The van der Waals surface area contributed by atoms with Gasteiger partial charge in [-0.25, -0.2) is 0 Å². The number of rotatable bonds is 17. The van der Waals surface area contributed by atoms with Gasteiger partial charge in [0.25, 0.3) is 0 Å². The zero-order valence-electron chi connectivity index (χ0n) is 22.1. The van der Waals surface area contributed by atoms with Gasteiger partial charge in [-0.2, -0.15) is 0 Å². The van der Waals surface area contributed by atoms with Crippen molar-refractivity contribution in [2.75, 3.05) is 40.4 Å². The van der Waals surface area contributed by atoms with Crippen LogP contribution in [0.2, 0.25) is 0 Å². The molecular weight excluding hydrogens is 452 g/mol. The van der Waals surface area contributed by atoms with Crippen molar-refractivity contribution >= 4 is 18.1 Å². The SMILES string of the molecule is C=CC(=O)NCCCN(C)C.C=CCCO/C=C/O/C=C/OCCC=C.C=Cc1ccccc1C=C. The highest BCUT2D eigenvalue weighted by atomic mass is 16.5. The van der Waals surface area contributed by atoms with Gasteiger partial charge in [-0.3, -0.25) is 4.79 Å². The third kappa shape index (κ3) is 24.9. The molecule has 1 N–H and O–H groups in total. The number of amides is 1. The lowest BCUT2D eigenvalue weighted by Gasteiger charge is -2.08. The Balaban J connectivity index is 0. The van der Waals surface area contributed by atoms with E-state index in [4.69, 9.17) is 14.2 Å². The standard InChI is InChI=1S/C12H18O3.C10H10.C8H16N2O/c1-3-5-7-13-9-11-15-12-10-14-8-6-4-2;1-3-9-7-5-6-8-10(9)4-2;1-4-8(11)9-6-5-7-10(2)3/h3-4,9-12H,1-2,5-8H2;3-8H,1-2H2;4H,1,5-7H2,2-3H3,(H,9,11)/b11-9+,12-10+;;. The number of nitrogens with zero attached hydrogens (tertiary/aromatic N) is 1. The number of carbonyl (C=O) groups excluding carboxylic acids is 1. The van der Waals surface area contributed by atoms with E-state index in [-0.39, 0.29) is 5.91 Å². The predicted octanol–water partition coefficient (Wildman–Crippen LogP) is 6.34. The number of carbonyl (C=O) groups is 1. The van der Waals surface area contributed by atoms with Gasteiger partial charge in [-0.05, 0) is 57.1 Å². The second-order valence-corrected chi connectivity index (χ2v) is 7.27. The van der Waals surface area contributed by atoms with E-state index in [9.17, 15) is 4.79 Å². The fraction of sp³-hybridized carbons (Fsp3) is 0.300. The summed E-state index contributed by atoms with van der Waals surface area (Å²) in [5, 5.41) is 2.70. The highest BCUT2D eigenvalue weighted by Crippen LogP contribution is 2.10. The first kappa shape index (κ1) is 34.4. The average Bonchev–Trinajstić information content (AvgIpc) is 2.90. The summed E-state index contributed by atoms with van der Waals surface area (Å²) in [4.78, 5) is 12.7. The minimum Gasteiger partial charge on any atom is -0.498 e. The van der Waals surface area contributed by atoms with E-state index < -0.39 is 0 Å². The fourth-order valence-corrected chi connectivity index (χ4v) is 2.19. The van der Waals surface area contributed by atoms with Gasteiger partial charge in [0.1, 0.15) is 25.0 Å². The Morgan fingerprint density at radius 1 is 0.861 bits per heavy atom. The summed E-state index contributed by atoms with van der Waals surface area (Å²) >= 11 is 0. The Hall–Kier alpha value is -3.77. The van der Waals surface area contributed by atoms with Gasteiger partial charge in [0.2, 0.25) is 5.91 Å². The third-order valence-corrected chi connectivity index (χ3v) is 4.04. The molecule has 0 aliphatic carbocycles. The number of hydrogen-bond acceptors (Lipinski definition) is 5. The van der Waals surface area contributed by atoms with Crippen molar-refractivity contribution in [3.63, 3.8) is 0 Å². The topological polar surface area (TPSA) is 60.0 Å². The minimum atomic E-state index is -0.0937.